The summed E-state index contributed by atoms with van der Waals surface area (Å²) in [4.78, 5) is 16.0. The fraction of sp³-hybridized carbons (Fsp3) is 0.455. The van der Waals surface area contributed by atoms with Crippen molar-refractivity contribution in [3.8, 4) is 6.07 Å². The largest absolute Gasteiger partial charge is 0.368 e. The Kier molecular flexibility index (Phi) is 6.40. The molecular formula is C22H28N8. The van der Waals surface area contributed by atoms with Crippen LogP contribution in [0.1, 0.15) is 38.2 Å². The lowest BCUT2D eigenvalue weighted by Crippen LogP contribution is -2.43. The molecule has 2 aromatic rings. The number of anilines is 4. The summed E-state index contributed by atoms with van der Waals surface area (Å²) < 4.78 is 0. The van der Waals surface area contributed by atoms with Gasteiger partial charge in [0, 0.05) is 49.6 Å². The second-order valence-electron chi connectivity index (χ2n) is 7.83. The van der Waals surface area contributed by atoms with Crippen molar-refractivity contribution in [2.24, 2.45) is 0 Å². The van der Waals surface area contributed by atoms with E-state index < -0.39 is 0 Å². The first-order chi connectivity index (χ1) is 14.7. The number of allylic oxidation sites excluding steroid dienone is 1. The molecule has 0 spiro atoms. The number of hydrogen-bond donors (Lipinski definition) is 3. The van der Waals surface area contributed by atoms with Crippen LogP contribution in [0.15, 0.2) is 30.1 Å². The lowest BCUT2D eigenvalue weighted by molar-refractivity contribution is 0.589. The van der Waals surface area contributed by atoms with Crippen LogP contribution in [0.4, 0.5) is 23.3 Å². The number of nitriles is 1. The van der Waals surface area contributed by atoms with E-state index in [1.54, 1.807) is 13.1 Å². The van der Waals surface area contributed by atoms with Crippen molar-refractivity contribution in [3.63, 3.8) is 0 Å². The van der Waals surface area contributed by atoms with Crippen molar-refractivity contribution in [1.82, 2.24) is 20.3 Å². The Morgan fingerprint density at radius 1 is 1.20 bits per heavy atom. The predicted octanol–water partition coefficient (Wildman–Crippen LogP) is 3.31. The Balaban J connectivity index is 1.51. The molecule has 1 saturated heterocycles. The molecule has 2 aromatic heterocycles. The van der Waals surface area contributed by atoms with Crippen LogP contribution in [0.25, 0.3) is 6.08 Å². The third-order valence-corrected chi connectivity index (χ3v) is 5.53. The van der Waals surface area contributed by atoms with E-state index >= 15 is 0 Å². The first-order valence-corrected chi connectivity index (χ1v) is 10.6. The van der Waals surface area contributed by atoms with Gasteiger partial charge in [-0.05, 0) is 38.0 Å². The van der Waals surface area contributed by atoms with Crippen molar-refractivity contribution in [2.45, 2.75) is 38.6 Å². The summed E-state index contributed by atoms with van der Waals surface area (Å²) >= 11 is 0. The molecule has 1 aliphatic heterocycles. The fourth-order valence-corrected chi connectivity index (χ4v) is 3.89. The molecule has 1 saturated carbocycles. The van der Waals surface area contributed by atoms with Gasteiger partial charge in [0.2, 0.25) is 5.95 Å². The smallest absolute Gasteiger partial charge is 0.230 e. The molecule has 156 valence electrons. The molecule has 0 unspecified atom stereocenters. The zero-order valence-corrected chi connectivity index (χ0v) is 17.4. The topological polar surface area (TPSA) is 102 Å². The molecule has 2 fully saturated rings. The van der Waals surface area contributed by atoms with Crippen LogP contribution in [0.3, 0.4) is 0 Å². The standard InChI is InChI=1S/C22H28N8/c1-16(13-23)12-17-14-26-22(29-21(17)27-18-4-2-3-5-18)28-20-7-6-19(15-25-20)30-10-8-24-9-11-30/h6-7,12,14-15,18,24H,2-5,8-11H2,1H3,(H2,25,26,27,28,29)/b16-12+. The molecule has 3 heterocycles. The monoisotopic (exact) mass is 404 g/mol. The molecule has 8 nitrogen and oxygen atoms in total. The highest BCUT2D eigenvalue weighted by atomic mass is 15.2. The first-order valence-electron chi connectivity index (χ1n) is 10.6. The molecule has 0 atom stereocenters. The van der Waals surface area contributed by atoms with Crippen molar-refractivity contribution in [3.05, 3.63) is 35.7 Å². The highest BCUT2D eigenvalue weighted by molar-refractivity contribution is 5.68. The molecule has 1 aliphatic carbocycles. The van der Waals surface area contributed by atoms with E-state index in [1.165, 1.54) is 12.8 Å². The first kappa shape index (κ1) is 20.1. The van der Waals surface area contributed by atoms with Crippen molar-refractivity contribution in [2.75, 3.05) is 41.7 Å². The second-order valence-corrected chi connectivity index (χ2v) is 7.83. The number of rotatable bonds is 6. The number of nitrogens with one attached hydrogen (secondary N) is 3. The molecule has 0 radical (unpaired) electrons. The number of aromatic nitrogens is 3. The minimum atomic E-state index is 0.415. The molecule has 0 amide bonds. The average Bonchev–Trinajstić information content (AvgIpc) is 3.30. The maximum atomic E-state index is 9.13. The van der Waals surface area contributed by atoms with Crippen LogP contribution in [-0.4, -0.2) is 47.2 Å². The lowest BCUT2D eigenvalue weighted by Gasteiger charge is -2.29. The lowest BCUT2D eigenvalue weighted by atomic mass is 10.2. The summed E-state index contributed by atoms with van der Waals surface area (Å²) in [6.45, 7) is 5.76. The number of hydrogen-bond acceptors (Lipinski definition) is 8. The highest BCUT2D eigenvalue weighted by Gasteiger charge is 2.17. The van der Waals surface area contributed by atoms with Crippen molar-refractivity contribution >= 4 is 29.3 Å². The normalized spacial score (nSPS) is 17.6. The van der Waals surface area contributed by atoms with Crippen molar-refractivity contribution in [1.29, 1.82) is 5.26 Å². The maximum Gasteiger partial charge on any atom is 0.230 e. The number of piperazine rings is 1. The predicted molar refractivity (Wildman–Crippen MR) is 120 cm³/mol. The highest BCUT2D eigenvalue weighted by Crippen LogP contribution is 2.26. The Labute approximate surface area is 177 Å². The van der Waals surface area contributed by atoms with Gasteiger partial charge in [-0.15, -0.1) is 0 Å². The van der Waals surface area contributed by atoms with Gasteiger partial charge < -0.3 is 20.9 Å². The molecule has 0 bridgehead atoms. The zero-order valence-electron chi connectivity index (χ0n) is 17.4. The van der Waals surface area contributed by atoms with Crippen LogP contribution < -0.4 is 20.9 Å². The van der Waals surface area contributed by atoms with E-state index in [1.807, 2.05) is 18.3 Å². The van der Waals surface area contributed by atoms with E-state index in [0.717, 1.165) is 56.1 Å². The Morgan fingerprint density at radius 2 is 2.00 bits per heavy atom. The Bertz CT molecular complexity index is 919. The van der Waals surface area contributed by atoms with Gasteiger partial charge in [-0.3, -0.25) is 0 Å². The zero-order chi connectivity index (χ0) is 20.8. The number of nitrogens with zero attached hydrogens (tertiary/aromatic N) is 5. The van der Waals surface area contributed by atoms with Crippen LogP contribution in [-0.2, 0) is 0 Å². The number of pyridine rings is 1. The van der Waals surface area contributed by atoms with E-state index in [4.69, 9.17) is 5.26 Å². The van der Waals surface area contributed by atoms with Crippen molar-refractivity contribution < 1.29 is 0 Å². The average molecular weight is 405 g/mol. The summed E-state index contributed by atoms with van der Waals surface area (Å²) in [6.07, 6.45) is 10.2. The summed E-state index contributed by atoms with van der Waals surface area (Å²) in [7, 11) is 0. The Morgan fingerprint density at radius 3 is 2.70 bits per heavy atom. The van der Waals surface area contributed by atoms with Crippen LogP contribution in [0.2, 0.25) is 0 Å². The third kappa shape index (κ3) is 5.05. The molecule has 8 heteroatoms. The van der Waals surface area contributed by atoms with E-state index in [2.05, 4.69) is 47.9 Å². The van der Waals surface area contributed by atoms with Crippen LogP contribution in [0.5, 0.6) is 0 Å². The van der Waals surface area contributed by atoms with Gasteiger partial charge in [0.05, 0.1) is 18.0 Å². The van der Waals surface area contributed by atoms with Gasteiger partial charge in [0.25, 0.3) is 0 Å². The van der Waals surface area contributed by atoms with E-state index in [-0.39, 0.29) is 0 Å². The van der Waals surface area contributed by atoms with Gasteiger partial charge in [-0.25, -0.2) is 9.97 Å². The third-order valence-electron chi connectivity index (χ3n) is 5.53. The molecule has 2 aliphatic rings. The van der Waals surface area contributed by atoms with Crippen LogP contribution >= 0.6 is 0 Å². The molecular weight excluding hydrogens is 376 g/mol. The second kappa shape index (κ2) is 9.55. The molecule has 0 aromatic carbocycles. The minimum absolute atomic E-state index is 0.415. The van der Waals surface area contributed by atoms with Gasteiger partial charge in [0.15, 0.2) is 0 Å². The molecule has 30 heavy (non-hydrogen) atoms. The van der Waals surface area contributed by atoms with E-state index in [0.29, 0.717) is 23.4 Å². The molecule has 4 rings (SSSR count). The van der Waals surface area contributed by atoms with Crippen LogP contribution in [0, 0.1) is 11.3 Å². The SMILES string of the molecule is C/C(C#N)=C\c1cnc(Nc2ccc(N3CCNCC3)cn2)nc1NC1CCCC1. The van der Waals surface area contributed by atoms with Gasteiger partial charge in [0.1, 0.15) is 11.6 Å². The summed E-state index contributed by atoms with van der Waals surface area (Å²) in [5.41, 5.74) is 2.58. The quantitative estimate of drug-likeness (QED) is 0.631. The molecule has 3 N–H and O–H groups in total. The van der Waals surface area contributed by atoms with E-state index in [9.17, 15) is 0 Å². The summed E-state index contributed by atoms with van der Waals surface area (Å²) in [5.74, 6) is 1.95. The Hall–Kier alpha value is -3.18. The summed E-state index contributed by atoms with van der Waals surface area (Å²) in [5, 5.41) is 19.2. The fourth-order valence-electron chi connectivity index (χ4n) is 3.89. The van der Waals surface area contributed by atoms with Gasteiger partial charge in [-0.2, -0.15) is 10.2 Å². The maximum absolute atomic E-state index is 9.13. The van der Waals surface area contributed by atoms with Gasteiger partial charge >= 0.3 is 0 Å². The minimum Gasteiger partial charge on any atom is -0.368 e. The summed E-state index contributed by atoms with van der Waals surface area (Å²) in [6, 6.07) is 6.61. The van der Waals surface area contributed by atoms with Gasteiger partial charge in [-0.1, -0.05) is 12.8 Å².